The largest absolute Gasteiger partial charge is 0.0901 e. The first-order valence-electron chi connectivity index (χ1n) is 17.6. The fourth-order valence-corrected chi connectivity index (χ4v) is 6.44. The van der Waals surface area contributed by atoms with Gasteiger partial charge in [0.05, 0.1) is 0 Å². The van der Waals surface area contributed by atoms with Crippen LogP contribution in [0, 0.1) is 0 Å². The summed E-state index contributed by atoms with van der Waals surface area (Å²) in [7, 11) is 0. The third-order valence-electron chi connectivity index (χ3n) is 8.53. The van der Waals surface area contributed by atoms with Crippen molar-refractivity contribution in [3.8, 4) is 0 Å². The third kappa shape index (κ3) is 13.7. The van der Waals surface area contributed by atoms with Gasteiger partial charge in [-0.15, -0.1) is 0 Å². The minimum absolute atomic E-state index is 1.20. The van der Waals surface area contributed by atoms with E-state index in [2.05, 4.69) is 135 Å². The van der Waals surface area contributed by atoms with Crippen molar-refractivity contribution >= 4 is 36.1 Å². The van der Waals surface area contributed by atoms with Gasteiger partial charge in [0.1, 0.15) is 0 Å². The molecule has 0 atom stereocenters. The zero-order chi connectivity index (χ0) is 31.4. The average Bonchev–Trinajstić information content (AvgIpc) is 3.08. The molecule has 0 aliphatic heterocycles. The van der Waals surface area contributed by atoms with Crippen molar-refractivity contribution in [1.82, 2.24) is 0 Å². The predicted molar refractivity (Wildman–Crippen MR) is 202 cm³/mol. The van der Waals surface area contributed by atoms with E-state index in [1.54, 1.807) is 0 Å². The first-order valence-corrected chi connectivity index (χ1v) is 18.5. The fraction of sp³-hybridized carbons (Fsp3) is 0.364. The molecule has 0 aliphatic carbocycles. The van der Waals surface area contributed by atoms with E-state index >= 15 is 0 Å². The van der Waals surface area contributed by atoms with E-state index in [0.29, 0.717) is 0 Å². The van der Waals surface area contributed by atoms with Crippen LogP contribution in [0.2, 0.25) is 0 Å². The molecular weight excluding hydrogens is 561 g/mol. The zero-order valence-electron chi connectivity index (χ0n) is 27.9. The van der Waals surface area contributed by atoms with Gasteiger partial charge in [-0.05, 0) is 83.3 Å². The Balaban J connectivity index is 1.18. The molecule has 0 amide bonds. The molecule has 1 heteroatoms. The molecule has 4 aromatic rings. The first kappa shape index (κ1) is 34.6. The smallest absolute Gasteiger partial charge is 0.0122 e. The molecule has 0 saturated heterocycles. The first-order chi connectivity index (χ1) is 22.2. The predicted octanol–water partition coefficient (Wildman–Crippen LogP) is 14.0. The number of hydrogen-bond donors (Lipinski definition) is 0. The molecule has 0 aliphatic rings. The van der Waals surface area contributed by atoms with E-state index in [1.807, 2.05) is 11.8 Å². The third-order valence-corrected chi connectivity index (χ3v) is 9.55. The van der Waals surface area contributed by atoms with Crippen LogP contribution in [0.3, 0.4) is 0 Å². The molecule has 0 aromatic heterocycles. The number of unbranched alkanes of at least 4 members (excludes halogenated alkanes) is 10. The van der Waals surface area contributed by atoms with E-state index in [1.165, 1.54) is 133 Å². The summed E-state index contributed by atoms with van der Waals surface area (Å²) in [5.74, 6) is 0. The van der Waals surface area contributed by atoms with Gasteiger partial charge in [-0.2, -0.15) is 0 Å². The van der Waals surface area contributed by atoms with Crippen molar-refractivity contribution in [2.24, 2.45) is 0 Å². The molecule has 4 aromatic carbocycles. The number of benzene rings is 4. The Hall–Kier alpha value is -3.29. The minimum atomic E-state index is 1.20. The van der Waals surface area contributed by atoms with E-state index in [9.17, 15) is 0 Å². The average molecular weight is 615 g/mol. The molecule has 0 heterocycles. The van der Waals surface area contributed by atoms with Gasteiger partial charge in [-0.1, -0.05) is 187 Å². The van der Waals surface area contributed by atoms with E-state index in [-0.39, 0.29) is 0 Å². The molecule has 0 saturated carbocycles. The molecule has 236 valence electrons. The lowest BCUT2D eigenvalue weighted by Gasteiger charge is -2.04. The highest BCUT2D eigenvalue weighted by Crippen LogP contribution is 2.28. The highest BCUT2D eigenvalue weighted by molar-refractivity contribution is 7.99. The fourth-order valence-electron chi connectivity index (χ4n) is 5.62. The maximum absolute atomic E-state index is 2.29. The van der Waals surface area contributed by atoms with Gasteiger partial charge >= 0.3 is 0 Å². The van der Waals surface area contributed by atoms with Crippen LogP contribution in [0.15, 0.2) is 107 Å². The van der Waals surface area contributed by atoms with Crippen LogP contribution >= 0.6 is 11.8 Å². The molecule has 0 fully saturated rings. The second kappa shape index (κ2) is 20.7. The Morgan fingerprint density at radius 1 is 0.356 bits per heavy atom. The maximum Gasteiger partial charge on any atom is 0.0122 e. The van der Waals surface area contributed by atoms with Gasteiger partial charge in [-0.3, -0.25) is 0 Å². The minimum Gasteiger partial charge on any atom is -0.0901 e. The quantitative estimate of drug-likeness (QED) is 0.0705. The van der Waals surface area contributed by atoms with Crippen LogP contribution in [0.1, 0.15) is 124 Å². The van der Waals surface area contributed by atoms with Crippen molar-refractivity contribution in [1.29, 1.82) is 0 Å². The Kier molecular flexibility index (Phi) is 15.9. The highest BCUT2D eigenvalue weighted by Gasteiger charge is 2.00. The molecule has 45 heavy (non-hydrogen) atoms. The standard InChI is InChI=1S/C44H54S/c1-3-5-7-9-11-13-15-37-17-21-39(22-18-37)25-27-41-29-33-43(34-30-41)45-44-35-31-42(32-36-44)28-26-40-23-19-38(20-24-40)16-14-12-10-8-6-4-2/h17-36H,3-16H2,1-2H3. The number of aryl methyl sites for hydroxylation is 2. The Morgan fingerprint density at radius 3 is 0.978 bits per heavy atom. The van der Waals surface area contributed by atoms with Crippen molar-refractivity contribution < 1.29 is 0 Å². The molecule has 4 rings (SSSR count). The van der Waals surface area contributed by atoms with Crippen LogP contribution in [0.25, 0.3) is 24.3 Å². The van der Waals surface area contributed by atoms with Crippen molar-refractivity contribution in [2.45, 2.75) is 114 Å². The molecule has 0 radical (unpaired) electrons. The SMILES string of the molecule is CCCCCCCCc1ccc(C=Cc2ccc(Sc3ccc(C=Cc4ccc(CCCCCCCC)cc4)cc3)cc2)cc1. The molecule has 0 N–H and O–H groups in total. The summed E-state index contributed by atoms with van der Waals surface area (Å²) >= 11 is 1.81. The summed E-state index contributed by atoms with van der Waals surface area (Å²) in [6.45, 7) is 4.56. The van der Waals surface area contributed by atoms with Crippen molar-refractivity contribution in [3.05, 3.63) is 130 Å². The summed E-state index contributed by atoms with van der Waals surface area (Å²) in [6.07, 6.45) is 27.5. The summed E-state index contributed by atoms with van der Waals surface area (Å²) in [4.78, 5) is 2.52. The molecule has 0 nitrogen and oxygen atoms in total. The molecule has 0 unspecified atom stereocenters. The van der Waals surface area contributed by atoms with Gasteiger partial charge in [0.2, 0.25) is 0 Å². The number of hydrogen-bond acceptors (Lipinski definition) is 1. The number of rotatable bonds is 20. The van der Waals surface area contributed by atoms with Crippen molar-refractivity contribution in [3.63, 3.8) is 0 Å². The topological polar surface area (TPSA) is 0 Å². The molecular formula is C44H54S. The van der Waals surface area contributed by atoms with Gasteiger partial charge in [0, 0.05) is 9.79 Å². The Labute approximate surface area is 279 Å². The monoisotopic (exact) mass is 614 g/mol. The summed E-state index contributed by atoms with van der Waals surface area (Å²) in [6, 6.07) is 35.9. The van der Waals surface area contributed by atoms with Gasteiger partial charge < -0.3 is 0 Å². The zero-order valence-corrected chi connectivity index (χ0v) is 28.7. The van der Waals surface area contributed by atoms with E-state index < -0.39 is 0 Å². The molecule has 0 bridgehead atoms. The van der Waals surface area contributed by atoms with Crippen LogP contribution < -0.4 is 0 Å². The van der Waals surface area contributed by atoms with Crippen LogP contribution in [-0.2, 0) is 12.8 Å². The highest BCUT2D eigenvalue weighted by atomic mass is 32.2. The molecule has 0 spiro atoms. The second-order valence-corrected chi connectivity index (χ2v) is 13.6. The maximum atomic E-state index is 2.29. The van der Waals surface area contributed by atoms with Crippen LogP contribution in [0.5, 0.6) is 0 Å². The summed E-state index contributed by atoms with van der Waals surface area (Å²) < 4.78 is 0. The van der Waals surface area contributed by atoms with Crippen LogP contribution in [-0.4, -0.2) is 0 Å². The van der Waals surface area contributed by atoms with E-state index in [4.69, 9.17) is 0 Å². The van der Waals surface area contributed by atoms with Gasteiger partial charge in [0.15, 0.2) is 0 Å². The van der Waals surface area contributed by atoms with Gasteiger partial charge in [-0.25, -0.2) is 0 Å². The normalized spacial score (nSPS) is 11.6. The van der Waals surface area contributed by atoms with Crippen molar-refractivity contribution in [2.75, 3.05) is 0 Å². The Morgan fingerprint density at radius 2 is 0.644 bits per heavy atom. The Bertz CT molecular complexity index is 1280. The van der Waals surface area contributed by atoms with Gasteiger partial charge in [0.25, 0.3) is 0 Å². The summed E-state index contributed by atoms with van der Waals surface area (Å²) in [5, 5.41) is 0. The lowest BCUT2D eigenvalue weighted by molar-refractivity contribution is 0.607. The second-order valence-electron chi connectivity index (χ2n) is 12.4. The lowest BCUT2D eigenvalue weighted by Crippen LogP contribution is -1.86. The lowest BCUT2D eigenvalue weighted by atomic mass is 10.0. The van der Waals surface area contributed by atoms with E-state index in [0.717, 1.165) is 0 Å². The summed E-state index contributed by atoms with van der Waals surface area (Å²) in [5.41, 5.74) is 7.89. The van der Waals surface area contributed by atoms with Crippen LogP contribution in [0.4, 0.5) is 0 Å².